The minimum Gasteiger partial charge on any atom is -0.366 e. The highest BCUT2D eigenvalue weighted by molar-refractivity contribution is 7.89. The van der Waals surface area contributed by atoms with Crippen LogP contribution >= 0.6 is 11.6 Å². The molecule has 0 fully saturated rings. The minimum absolute atomic E-state index is 0.0645. The van der Waals surface area contributed by atoms with Crippen molar-refractivity contribution in [3.63, 3.8) is 0 Å². The van der Waals surface area contributed by atoms with Crippen LogP contribution in [0.25, 0.3) is 11.1 Å². The number of nitrogens with two attached hydrogens (primary N) is 2. The Morgan fingerprint density at radius 2 is 1.75 bits per heavy atom. The summed E-state index contributed by atoms with van der Waals surface area (Å²) in [4.78, 5) is 11.4. The molecule has 20 heavy (non-hydrogen) atoms. The first kappa shape index (κ1) is 14.5. The first-order valence-electron chi connectivity index (χ1n) is 5.52. The van der Waals surface area contributed by atoms with Crippen LogP contribution in [0.15, 0.2) is 47.4 Å². The molecule has 1 amide bonds. The molecule has 0 aliphatic rings. The smallest absolute Gasteiger partial charge is 0.249 e. The van der Waals surface area contributed by atoms with Crippen molar-refractivity contribution >= 4 is 27.5 Å². The SMILES string of the molecule is NC(=O)c1cccc(Cl)c1-c1cccc(S(N)(=O)=O)c1. The van der Waals surface area contributed by atoms with E-state index in [1.165, 1.54) is 24.3 Å². The molecule has 0 aromatic heterocycles. The standard InChI is InChI=1S/C13H11ClN2O3S/c14-11-6-2-5-10(13(15)17)12(11)8-3-1-4-9(7-8)20(16,18)19/h1-7H,(H2,15,17)(H2,16,18,19). The molecule has 0 radical (unpaired) electrons. The number of hydrogen-bond donors (Lipinski definition) is 2. The van der Waals surface area contributed by atoms with E-state index in [0.29, 0.717) is 16.1 Å². The van der Waals surface area contributed by atoms with E-state index in [0.717, 1.165) is 0 Å². The zero-order chi connectivity index (χ0) is 14.9. The lowest BCUT2D eigenvalue weighted by atomic mass is 9.99. The Bertz CT molecular complexity index is 788. The number of rotatable bonds is 3. The van der Waals surface area contributed by atoms with Gasteiger partial charge in [0.1, 0.15) is 0 Å². The van der Waals surface area contributed by atoms with Crippen molar-refractivity contribution in [2.45, 2.75) is 4.90 Å². The van der Waals surface area contributed by atoms with Crippen LogP contribution in [-0.2, 0) is 10.0 Å². The molecule has 2 rings (SSSR count). The number of carbonyl (C=O) groups is 1. The molecule has 0 bridgehead atoms. The van der Waals surface area contributed by atoms with Gasteiger partial charge in [-0.1, -0.05) is 29.8 Å². The monoisotopic (exact) mass is 310 g/mol. The molecule has 2 aromatic carbocycles. The molecule has 0 heterocycles. The molecule has 5 nitrogen and oxygen atoms in total. The fourth-order valence-electron chi connectivity index (χ4n) is 1.85. The molecule has 0 aliphatic carbocycles. The highest BCUT2D eigenvalue weighted by Crippen LogP contribution is 2.32. The summed E-state index contributed by atoms with van der Waals surface area (Å²) in [5.74, 6) is -0.650. The van der Waals surface area contributed by atoms with Gasteiger partial charge in [0.05, 0.1) is 4.90 Å². The maximum atomic E-state index is 11.4. The lowest BCUT2D eigenvalue weighted by Crippen LogP contribution is -2.13. The summed E-state index contributed by atoms with van der Waals surface area (Å²) < 4.78 is 22.7. The van der Waals surface area contributed by atoms with Crippen molar-refractivity contribution in [1.29, 1.82) is 0 Å². The zero-order valence-corrected chi connectivity index (χ0v) is 11.8. The van der Waals surface area contributed by atoms with E-state index in [9.17, 15) is 13.2 Å². The summed E-state index contributed by atoms with van der Waals surface area (Å²) in [5.41, 5.74) is 6.35. The van der Waals surface area contributed by atoms with E-state index in [1.807, 2.05) is 0 Å². The Hall–Kier alpha value is -1.89. The van der Waals surface area contributed by atoms with Gasteiger partial charge >= 0.3 is 0 Å². The average molecular weight is 311 g/mol. The topological polar surface area (TPSA) is 103 Å². The molecular weight excluding hydrogens is 300 g/mol. The largest absolute Gasteiger partial charge is 0.366 e. The molecule has 7 heteroatoms. The van der Waals surface area contributed by atoms with Crippen LogP contribution in [0.5, 0.6) is 0 Å². The summed E-state index contributed by atoms with van der Waals surface area (Å²) in [5, 5.41) is 5.39. The summed E-state index contributed by atoms with van der Waals surface area (Å²) in [6.07, 6.45) is 0. The van der Waals surface area contributed by atoms with Gasteiger partial charge in [-0.25, -0.2) is 13.6 Å². The van der Waals surface area contributed by atoms with Crippen molar-refractivity contribution in [2.75, 3.05) is 0 Å². The maximum absolute atomic E-state index is 11.4. The van der Waals surface area contributed by atoms with Gasteiger partial charge in [-0.15, -0.1) is 0 Å². The van der Waals surface area contributed by atoms with Gasteiger partial charge in [0, 0.05) is 16.1 Å². The van der Waals surface area contributed by atoms with Crippen LogP contribution in [0.3, 0.4) is 0 Å². The molecule has 0 unspecified atom stereocenters. The second-order valence-electron chi connectivity index (χ2n) is 4.10. The van der Waals surface area contributed by atoms with Crippen LogP contribution in [0.1, 0.15) is 10.4 Å². The summed E-state index contributed by atoms with van der Waals surface area (Å²) in [7, 11) is -3.84. The third kappa shape index (κ3) is 2.82. The van der Waals surface area contributed by atoms with E-state index in [-0.39, 0.29) is 10.5 Å². The summed E-state index contributed by atoms with van der Waals surface area (Å²) in [6, 6.07) is 10.6. The van der Waals surface area contributed by atoms with Crippen molar-refractivity contribution < 1.29 is 13.2 Å². The number of primary sulfonamides is 1. The molecule has 0 saturated heterocycles. The van der Waals surface area contributed by atoms with E-state index >= 15 is 0 Å². The highest BCUT2D eigenvalue weighted by Gasteiger charge is 2.15. The molecule has 0 spiro atoms. The first-order chi connectivity index (χ1) is 9.30. The van der Waals surface area contributed by atoms with Crippen LogP contribution in [0.2, 0.25) is 5.02 Å². The Labute approximate surface area is 121 Å². The molecule has 2 aromatic rings. The fourth-order valence-corrected chi connectivity index (χ4v) is 2.69. The van der Waals surface area contributed by atoms with Crippen molar-refractivity contribution in [2.24, 2.45) is 10.9 Å². The summed E-state index contributed by atoms with van der Waals surface area (Å²) >= 11 is 6.09. The van der Waals surface area contributed by atoms with Gasteiger partial charge < -0.3 is 5.73 Å². The zero-order valence-electron chi connectivity index (χ0n) is 10.2. The van der Waals surface area contributed by atoms with E-state index in [2.05, 4.69) is 0 Å². The van der Waals surface area contributed by atoms with Gasteiger partial charge in [-0.2, -0.15) is 0 Å². The number of sulfonamides is 1. The van der Waals surface area contributed by atoms with Crippen molar-refractivity contribution in [3.05, 3.63) is 53.1 Å². The predicted molar refractivity (Wildman–Crippen MR) is 76.8 cm³/mol. The summed E-state index contributed by atoms with van der Waals surface area (Å²) in [6.45, 7) is 0. The predicted octanol–water partition coefficient (Wildman–Crippen LogP) is 1.75. The van der Waals surface area contributed by atoms with Crippen LogP contribution in [0.4, 0.5) is 0 Å². The van der Waals surface area contributed by atoms with Gasteiger partial charge in [0.2, 0.25) is 15.9 Å². The Kier molecular flexibility index (Phi) is 3.80. The number of halogens is 1. The number of hydrogen-bond acceptors (Lipinski definition) is 3. The molecule has 0 atom stereocenters. The number of benzene rings is 2. The third-order valence-corrected chi connectivity index (χ3v) is 3.96. The van der Waals surface area contributed by atoms with Gasteiger partial charge in [-0.05, 0) is 29.8 Å². The number of amides is 1. The van der Waals surface area contributed by atoms with Crippen molar-refractivity contribution in [3.8, 4) is 11.1 Å². The number of primary amides is 1. The third-order valence-electron chi connectivity index (χ3n) is 2.73. The second-order valence-corrected chi connectivity index (χ2v) is 6.07. The van der Waals surface area contributed by atoms with Crippen LogP contribution in [-0.4, -0.2) is 14.3 Å². The van der Waals surface area contributed by atoms with E-state index in [4.69, 9.17) is 22.5 Å². The Morgan fingerprint density at radius 3 is 2.35 bits per heavy atom. The maximum Gasteiger partial charge on any atom is 0.249 e. The fraction of sp³-hybridized carbons (Fsp3) is 0. The lowest BCUT2D eigenvalue weighted by molar-refractivity contribution is 0.100. The van der Waals surface area contributed by atoms with Crippen LogP contribution in [0, 0.1) is 0 Å². The quantitative estimate of drug-likeness (QED) is 0.902. The number of carbonyl (C=O) groups excluding carboxylic acids is 1. The highest BCUT2D eigenvalue weighted by atomic mass is 35.5. The average Bonchev–Trinajstić information content (AvgIpc) is 2.37. The molecule has 0 aliphatic heterocycles. The first-order valence-corrected chi connectivity index (χ1v) is 7.44. The molecular formula is C13H11ClN2O3S. The molecule has 4 N–H and O–H groups in total. The van der Waals surface area contributed by atoms with E-state index < -0.39 is 15.9 Å². The van der Waals surface area contributed by atoms with E-state index in [1.54, 1.807) is 18.2 Å². The molecule has 104 valence electrons. The van der Waals surface area contributed by atoms with Gasteiger partial charge in [0.25, 0.3) is 0 Å². The normalized spacial score (nSPS) is 11.3. The second kappa shape index (κ2) is 5.24. The lowest BCUT2D eigenvalue weighted by Gasteiger charge is -2.10. The van der Waals surface area contributed by atoms with Gasteiger partial charge in [0.15, 0.2) is 0 Å². The van der Waals surface area contributed by atoms with Crippen molar-refractivity contribution in [1.82, 2.24) is 0 Å². The minimum atomic E-state index is -3.84. The Balaban J connectivity index is 2.73. The van der Waals surface area contributed by atoms with Gasteiger partial charge in [-0.3, -0.25) is 4.79 Å². The van der Waals surface area contributed by atoms with Crippen LogP contribution < -0.4 is 10.9 Å². The Morgan fingerprint density at radius 1 is 1.10 bits per heavy atom. The molecule has 0 saturated carbocycles.